The van der Waals surface area contributed by atoms with Gasteiger partial charge in [0.1, 0.15) is 11.4 Å². The normalized spacial score (nSPS) is 9.50. The van der Waals surface area contributed by atoms with Crippen LogP contribution < -0.4 is 44.0 Å². The third kappa shape index (κ3) is 2.55. The van der Waals surface area contributed by atoms with Crippen LogP contribution in [0.25, 0.3) is 0 Å². The van der Waals surface area contributed by atoms with Crippen molar-refractivity contribution in [2.24, 2.45) is 11.5 Å². The summed E-state index contributed by atoms with van der Waals surface area (Å²) in [7, 11) is 0. The minimum atomic E-state index is -0.698. The molecular weight excluding hydrogens is 252 g/mol. The van der Waals surface area contributed by atoms with Crippen molar-refractivity contribution in [3.8, 4) is 0 Å². The smallest absolute Gasteiger partial charge is 0.255 e. The summed E-state index contributed by atoms with van der Waals surface area (Å²) in [6.45, 7) is 0. The molecule has 1 rings (SSSR count). The molecule has 0 bridgehead atoms. The van der Waals surface area contributed by atoms with E-state index in [1.54, 1.807) is 0 Å². The average Bonchev–Trinajstić information content (AvgIpc) is 2.20. The molecular formula is C6H8N6O2S2. The summed E-state index contributed by atoms with van der Waals surface area (Å²) in [6.07, 6.45) is 0. The summed E-state index contributed by atoms with van der Waals surface area (Å²) in [6, 6.07) is 0. The van der Waals surface area contributed by atoms with Crippen molar-refractivity contribution in [2.45, 2.75) is 0 Å². The zero-order valence-corrected chi connectivity index (χ0v) is 9.42. The molecule has 8 N–H and O–H groups in total. The number of nitrogens with one attached hydrogen (secondary N) is 4. The SMILES string of the molecule is NC(=S)NNc1c(NNC(N)=S)c(=O)c1=O. The van der Waals surface area contributed by atoms with Gasteiger partial charge >= 0.3 is 0 Å². The first-order chi connectivity index (χ1) is 7.43. The minimum Gasteiger partial charge on any atom is -0.375 e. The van der Waals surface area contributed by atoms with E-state index >= 15 is 0 Å². The van der Waals surface area contributed by atoms with Crippen LogP contribution >= 0.6 is 24.4 Å². The first-order valence-electron chi connectivity index (χ1n) is 3.89. The van der Waals surface area contributed by atoms with E-state index in [-0.39, 0.29) is 21.6 Å². The third-order valence-electron chi connectivity index (χ3n) is 1.53. The summed E-state index contributed by atoms with van der Waals surface area (Å²) >= 11 is 9.01. The van der Waals surface area contributed by atoms with Crippen LogP contribution in [-0.2, 0) is 0 Å². The van der Waals surface area contributed by atoms with Gasteiger partial charge in [-0.2, -0.15) is 0 Å². The molecule has 10 heteroatoms. The topological polar surface area (TPSA) is 134 Å². The standard InChI is InChI=1S/C6H8N6O2S2/c7-5(15)11-9-1-2(4(14)3(1)13)10-12-6(8)16/h9-10H,(H3,7,11,15)(H3,8,12,16). The van der Waals surface area contributed by atoms with E-state index in [9.17, 15) is 9.59 Å². The van der Waals surface area contributed by atoms with E-state index in [0.717, 1.165) is 0 Å². The Morgan fingerprint density at radius 1 is 0.875 bits per heavy atom. The molecule has 16 heavy (non-hydrogen) atoms. The second kappa shape index (κ2) is 4.72. The molecule has 0 aliphatic rings. The highest BCUT2D eigenvalue weighted by atomic mass is 32.1. The lowest BCUT2D eigenvalue weighted by Gasteiger charge is -2.15. The van der Waals surface area contributed by atoms with Crippen molar-refractivity contribution in [1.29, 1.82) is 0 Å². The summed E-state index contributed by atoms with van der Waals surface area (Å²) in [5, 5.41) is -0.136. The van der Waals surface area contributed by atoms with Gasteiger partial charge in [-0.25, -0.2) is 0 Å². The third-order valence-corrected chi connectivity index (χ3v) is 1.74. The van der Waals surface area contributed by atoms with Gasteiger partial charge in [0, 0.05) is 0 Å². The predicted molar refractivity (Wildman–Crippen MR) is 68.4 cm³/mol. The number of thiocarbonyl (C=S) groups is 2. The molecule has 1 aromatic rings. The van der Waals surface area contributed by atoms with Crippen LogP contribution in [0.15, 0.2) is 9.59 Å². The summed E-state index contributed by atoms with van der Waals surface area (Å²) < 4.78 is 0. The highest BCUT2D eigenvalue weighted by Crippen LogP contribution is 2.11. The van der Waals surface area contributed by atoms with E-state index in [0.29, 0.717) is 0 Å². The van der Waals surface area contributed by atoms with Gasteiger partial charge in [-0.15, -0.1) is 0 Å². The fourth-order valence-corrected chi connectivity index (χ4v) is 0.980. The largest absolute Gasteiger partial charge is 0.375 e. The molecule has 0 heterocycles. The highest BCUT2D eigenvalue weighted by molar-refractivity contribution is 7.80. The van der Waals surface area contributed by atoms with Crippen LogP contribution in [0, 0.1) is 0 Å². The van der Waals surface area contributed by atoms with Gasteiger partial charge in [-0.1, -0.05) is 0 Å². The van der Waals surface area contributed by atoms with Crippen LogP contribution in [0.3, 0.4) is 0 Å². The Hall–Kier alpha value is -1.94. The minimum absolute atomic E-state index is 0.00144. The van der Waals surface area contributed by atoms with E-state index in [2.05, 4.69) is 46.1 Å². The molecule has 0 aliphatic heterocycles. The van der Waals surface area contributed by atoms with Crippen LogP contribution in [0.4, 0.5) is 11.4 Å². The Morgan fingerprint density at radius 3 is 1.44 bits per heavy atom. The number of nitrogens with two attached hydrogens (primary N) is 2. The number of rotatable bonds is 4. The number of anilines is 2. The zero-order chi connectivity index (χ0) is 12.3. The number of hydrazine groups is 2. The first-order valence-corrected chi connectivity index (χ1v) is 4.71. The Bertz CT molecular complexity index is 459. The van der Waals surface area contributed by atoms with Crippen LogP contribution in [0.2, 0.25) is 0 Å². The Morgan fingerprint density at radius 2 is 1.19 bits per heavy atom. The summed E-state index contributed by atoms with van der Waals surface area (Å²) in [5.74, 6) is 0. The highest BCUT2D eigenvalue weighted by Gasteiger charge is 2.20. The zero-order valence-electron chi connectivity index (χ0n) is 7.79. The van der Waals surface area contributed by atoms with E-state index < -0.39 is 10.9 Å². The maximum Gasteiger partial charge on any atom is 0.255 e. The Balaban J connectivity index is 2.73. The fraction of sp³-hybridized carbons (Fsp3) is 0. The molecule has 0 amide bonds. The molecule has 86 valence electrons. The van der Waals surface area contributed by atoms with Gasteiger partial charge in [0.05, 0.1) is 0 Å². The van der Waals surface area contributed by atoms with E-state index in [1.807, 2.05) is 0 Å². The van der Waals surface area contributed by atoms with Crippen molar-refractivity contribution in [1.82, 2.24) is 10.9 Å². The molecule has 0 spiro atoms. The molecule has 1 aromatic carbocycles. The summed E-state index contributed by atoms with van der Waals surface area (Å²) in [4.78, 5) is 22.2. The fourth-order valence-electron chi connectivity index (χ4n) is 0.878. The van der Waals surface area contributed by atoms with E-state index in [1.165, 1.54) is 0 Å². The molecule has 0 fully saturated rings. The molecule has 0 saturated carbocycles. The Labute approximate surface area is 100 Å². The first kappa shape index (κ1) is 12.1. The van der Waals surface area contributed by atoms with Crippen LogP contribution in [0.5, 0.6) is 0 Å². The molecule has 0 radical (unpaired) electrons. The van der Waals surface area contributed by atoms with Crippen molar-refractivity contribution in [3.63, 3.8) is 0 Å². The summed E-state index contributed by atoms with van der Waals surface area (Å²) in [5.41, 5.74) is 18.2. The molecule has 8 nitrogen and oxygen atoms in total. The van der Waals surface area contributed by atoms with Crippen molar-refractivity contribution in [2.75, 3.05) is 10.9 Å². The number of hydrogen-bond acceptors (Lipinski definition) is 6. The van der Waals surface area contributed by atoms with Gasteiger partial charge in [-0.3, -0.25) is 31.3 Å². The second-order valence-corrected chi connectivity index (χ2v) is 3.52. The lowest BCUT2D eigenvalue weighted by Crippen LogP contribution is -2.46. The lowest BCUT2D eigenvalue weighted by atomic mass is 10.2. The van der Waals surface area contributed by atoms with Gasteiger partial charge in [0.15, 0.2) is 10.2 Å². The number of hydrogen-bond donors (Lipinski definition) is 6. The molecule has 0 unspecified atom stereocenters. The second-order valence-electron chi connectivity index (χ2n) is 2.64. The molecule has 0 aliphatic carbocycles. The van der Waals surface area contributed by atoms with Crippen molar-refractivity contribution < 1.29 is 0 Å². The molecule has 0 aromatic heterocycles. The van der Waals surface area contributed by atoms with Gasteiger partial charge in [0.2, 0.25) is 0 Å². The maximum atomic E-state index is 11.1. The molecule has 0 atom stereocenters. The van der Waals surface area contributed by atoms with Gasteiger partial charge < -0.3 is 11.5 Å². The van der Waals surface area contributed by atoms with Crippen LogP contribution in [-0.4, -0.2) is 10.2 Å². The average molecular weight is 260 g/mol. The maximum absolute atomic E-state index is 11.1. The van der Waals surface area contributed by atoms with Crippen LogP contribution in [0.1, 0.15) is 0 Å². The lowest BCUT2D eigenvalue weighted by molar-refractivity contribution is 1.06. The van der Waals surface area contributed by atoms with Gasteiger partial charge in [-0.05, 0) is 24.4 Å². The van der Waals surface area contributed by atoms with E-state index in [4.69, 9.17) is 11.5 Å². The van der Waals surface area contributed by atoms with Crippen molar-refractivity contribution >= 4 is 46.0 Å². The molecule has 0 saturated heterocycles. The Kier molecular flexibility index (Phi) is 3.58. The van der Waals surface area contributed by atoms with Crippen molar-refractivity contribution in [3.05, 3.63) is 20.4 Å². The quantitative estimate of drug-likeness (QED) is 0.198. The van der Waals surface area contributed by atoms with Gasteiger partial charge in [0.25, 0.3) is 10.9 Å². The predicted octanol–water partition coefficient (Wildman–Crippen LogP) is -2.40. The monoisotopic (exact) mass is 260 g/mol.